The van der Waals surface area contributed by atoms with E-state index in [4.69, 9.17) is 9.47 Å². The first-order valence-electron chi connectivity index (χ1n) is 9.49. The van der Waals surface area contributed by atoms with Crippen LogP contribution in [0.2, 0.25) is 0 Å². The number of nitrogens with one attached hydrogen (secondary N) is 1. The standard InChI is InChI=1S/C24H26FNO2/c1-4-27-24-14-19(15-26-22-10-8-17(2)12-18(22)3)9-11-23(24)28-16-20-6-5-7-21(25)13-20/h5-14,26H,4,15-16H2,1-3H3. The molecule has 146 valence electrons. The Bertz CT molecular complexity index is 940. The lowest BCUT2D eigenvalue weighted by Crippen LogP contribution is -2.04. The van der Waals surface area contributed by atoms with Crippen LogP contribution in [0, 0.1) is 19.7 Å². The molecule has 0 saturated heterocycles. The van der Waals surface area contributed by atoms with E-state index in [1.54, 1.807) is 6.07 Å². The SMILES string of the molecule is CCOc1cc(CNc2ccc(C)cc2C)ccc1OCc1cccc(F)c1. The Morgan fingerprint density at radius 2 is 1.71 bits per heavy atom. The molecule has 3 nitrogen and oxygen atoms in total. The summed E-state index contributed by atoms with van der Waals surface area (Å²) in [4.78, 5) is 0. The van der Waals surface area contributed by atoms with Crippen molar-refractivity contribution in [2.45, 2.75) is 33.9 Å². The zero-order valence-corrected chi connectivity index (χ0v) is 16.6. The highest BCUT2D eigenvalue weighted by Gasteiger charge is 2.08. The lowest BCUT2D eigenvalue weighted by Gasteiger charge is -2.15. The van der Waals surface area contributed by atoms with Crippen LogP contribution in [0.15, 0.2) is 60.7 Å². The van der Waals surface area contributed by atoms with Crippen LogP contribution in [0.1, 0.15) is 29.2 Å². The Hall–Kier alpha value is -3.01. The van der Waals surface area contributed by atoms with E-state index < -0.39 is 0 Å². The Labute approximate surface area is 166 Å². The van der Waals surface area contributed by atoms with Gasteiger partial charge in [-0.25, -0.2) is 4.39 Å². The number of benzene rings is 3. The highest BCUT2D eigenvalue weighted by molar-refractivity contribution is 5.53. The molecule has 1 N–H and O–H groups in total. The van der Waals surface area contributed by atoms with E-state index in [0.717, 1.165) is 16.8 Å². The Kier molecular flexibility index (Phi) is 6.53. The summed E-state index contributed by atoms with van der Waals surface area (Å²) < 4.78 is 25.0. The maximum atomic E-state index is 13.3. The summed E-state index contributed by atoms with van der Waals surface area (Å²) in [6.45, 7) is 7.66. The fourth-order valence-electron chi connectivity index (χ4n) is 3.05. The van der Waals surface area contributed by atoms with E-state index in [9.17, 15) is 4.39 Å². The average molecular weight is 379 g/mol. The first-order chi connectivity index (χ1) is 13.5. The summed E-state index contributed by atoms with van der Waals surface area (Å²) in [6, 6.07) is 18.7. The highest BCUT2D eigenvalue weighted by Crippen LogP contribution is 2.30. The molecule has 0 aliphatic heterocycles. The molecule has 0 bridgehead atoms. The Balaban J connectivity index is 1.69. The molecule has 0 amide bonds. The molecule has 28 heavy (non-hydrogen) atoms. The van der Waals surface area contributed by atoms with Crippen molar-refractivity contribution >= 4 is 5.69 Å². The monoisotopic (exact) mass is 379 g/mol. The quantitative estimate of drug-likeness (QED) is 0.518. The molecule has 0 atom stereocenters. The number of rotatable bonds is 8. The molecule has 3 aromatic rings. The maximum absolute atomic E-state index is 13.3. The van der Waals surface area contributed by atoms with Crippen LogP contribution in [-0.2, 0) is 13.2 Å². The van der Waals surface area contributed by atoms with E-state index in [2.05, 4.69) is 37.4 Å². The van der Waals surface area contributed by atoms with Crippen molar-refractivity contribution in [3.63, 3.8) is 0 Å². The summed E-state index contributed by atoms with van der Waals surface area (Å²) in [6.07, 6.45) is 0. The molecule has 0 heterocycles. The predicted octanol–water partition coefficient (Wildman–Crippen LogP) is 6.03. The van der Waals surface area contributed by atoms with Crippen molar-refractivity contribution < 1.29 is 13.9 Å². The topological polar surface area (TPSA) is 30.5 Å². The highest BCUT2D eigenvalue weighted by atomic mass is 19.1. The molecule has 0 aliphatic carbocycles. The van der Waals surface area contributed by atoms with Gasteiger partial charge < -0.3 is 14.8 Å². The molecule has 0 saturated carbocycles. The summed E-state index contributed by atoms with van der Waals surface area (Å²) in [5, 5.41) is 3.47. The van der Waals surface area contributed by atoms with Crippen molar-refractivity contribution in [2.24, 2.45) is 0 Å². The van der Waals surface area contributed by atoms with Gasteiger partial charge in [0.1, 0.15) is 12.4 Å². The largest absolute Gasteiger partial charge is 0.490 e. The molecule has 0 aliphatic rings. The van der Waals surface area contributed by atoms with Crippen LogP contribution in [0.25, 0.3) is 0 Å². The number of aryl methyl sites for hydroxylation is 2. The van der Waals surface area contributed by atoms with Crippen molar-refractivity contribution in [3.05, 3.63) is 88.7 Å². The van der Waals surface area contributed by atoms with Crippen molar-refractivity contribution in [1.82, 2.24) is 0 Å². The number of ether oxygens (including phenoxy) is 2. The van der Waals surface area contributed by atoms with E-state index in [1.165, 1.54) is 23.3 Å². The second kappa shape index (κ2) is 9.27. The number of hydrogen-bond acceptors (Lipinski definition) is 3. The third-order valence-corrected chi connectivity index (χ3v) is 4.46. The fraction of sp³-hybridized carbons (Fsp3) is 0.250. The van der Waals surface area contributed by atoms with Gasteiger partial charge in [0.05, 0.1) is 6.61 Å². The van der Waals surface area contributed by atoms with Crippen molar-refractivity contribution in [2.75, 3.05) is 11.9 Å². The number of hydrogen-bond donors (Lipinski definition) is 1. The molecule has 3 aromatic carbocycles. The lowest BCUT2D eigenvalue weighted by atomic mass is 10.1. The van der Waals surface area contributed by atoms with Gasteiger partial charge in [0.25, 0.3) is 0 Å². The fourth-order valence-corrected chi connectivity index (χ4v) is 3.05. The third-order valence-electron chi connectivity index (χ3n) is 4.46. The normalized spacial score (nSPS) is 10.6. The van der Waals surface area contributed by atoms with E-state index >= 15 is 0 Å². The van der Waals surface area contributed by atoms with Crippen LogP contribution in [0.5, 0.6) is 11.5 Å². The Morgan fingerprint density at radius 1 is 0.857 bits per heavy atom. The van der Waals surface area contributed by atoms with E-state index in [0.29, 0.717) is 24.7 Å². The van der Waals surface area contributed by atoms with Gasteiger partial charge in [-0.2, -0.15) is 0 Å². The molecule has 0 radical (unpaired) electrons. The minimum atomic E-state index is -0.265. The van der Waals surface area contributed by atoms with Crippen molar-refractivity contribution in [1.29, 1.82) is 0 Å². The van der Waals surface area contributed by atoms with Crippen LogP contribution in [0.3, 0.4) is 0 Å². The molecular formula is C24H26FNO2. The van der Waals surface area contributed by atoms with Gasteiger partial charge in [-0.1, -0.05) is 35.9 Å². The van der Waals surface area contributed by atoms with Crippen LogP contribution in [0.4, 0.5) is 10.1 Å². The average Bonchev–Trinajstić information content (AvgIpc) is 2.67. The van der Waals surface area contributed by atoms with Gasteiger partial charge >= 0.3 is 0 Å². The smallest absolute Gasteiger partial charge is 0.161 e. The molecule has 3 rings (SSSR count). The lowest BCUT2D eigenvalue weighted by molar-refractivity contribution is 0.269. The second-order valence-electron chi connectivity index (χ2n) is 6.80. The molecule has 4 heteroatoms. The van der Waals surface area contributed by atoms with E-state index in [1.807, 2.05) is 31.2 Å². The second-order valence-corrected chi connectivity index (χ2v) is 6.80. The first-order valence-corrected chi connectivity index (χ1v) is 9.49. The van der Waals surface area contributed by atoms with Gasteiger partial charge in [-0.05, 0) is 67.8 Å². The predicted molar refractivity (Wildman–Crippen MR) is 112 cm³/mol. The minimum absolute atomic E-state index is 0.265. The summed E-state index contributed by atoms with van der Waals surface area (Å²) in [7, 11) is 0. The molecular weight excluding hydrogens is 353 g/mol. The summed E-state index contributed by atoms with van der Waals surface area (Å²) >= 11 is 0. The van der Waals surface area contributed by atoms with Crippen LogP contribution >= 0.6 is 0 Å². The van der Waals surface area contributed by atoms with Crippen LogP contribution < -0.4 is 14.8 Å². The van der Waals surface area contributed by atoms with E-state index in [-0.39, 0.29) is 12.4 Å². The zero-order chi connectivity index (χ0) is 19.9. The molecule has 0 spiro atoms. The molecule has 0 aromatic heterocycles. The minimum Gasteiger partial charge on any atom is -0.490 e. The molecule has 0 unspecified atom stereocenters. The van der Waals surface area contributed by atoms with Gasteiger partial charge in [0.2, 0.25) is 0 Å². The summed E-state index contributed by atoms with van der Waals surface area (Å²) in [5.41, 5.74) is 5.47. The van der Waals surface area contributed by atoms with Gasteiger partial charge in [0, 0.05) is 12.2 Å². The maximum Gasteiger partial charge on any atom is 0.161 e. The Morgan fingerprint density at radius 3 is 2.46 bits per heavy atom. The van der Waals surface area contributed by atoms with Crippen LogP contribution in [-0.4, -0.2) is 6.61 Å². The number of halogens is 1. The first kappa shape index (κ1) is 19.7. The molecule has 0 fully saturated rings. The van der Waals surface area contributed by atoms with Gasteiger partial charge in [0.15, 0.2) is 11.5 Å². The van der Waals surface area contributed by atoms with Crippen molar-refractivity contribution in [3.8, 4) is 11.5 Å². The zero-order valence-electron chi connectivity index (χ0n) is 16.6. The third kappa shape index (κ3) is 5.26. The van der Waals surface area contributed by atoms with Gasteiger partial charge in [-0.3, -0.25) is 0 Å². The van der Waals surface area contributed by atoms with Gasteiger partial charge in [-0.15, -0.1) is 0 Å². The summed E-state index contributed by atoms with van der Waals surface area (Å²) in [5.74, 6) is 1.08. The number of anilines is 1.